The number of nitrogens with one attached hydrogen (secondary N) is 1. The van der Waals surface area contributed by atoms with Gasteiger partial charge in [0, 0.05) is 30.2 Å². The first-order valence-corrected chi connectivity index (χ1v) is 18.6. The Labute approximate surface area is 186 Å². The molecule has 29 heavy (non-hydrogen) atoms. The van der Waals surface area contributed by atoms with Crippen molar-refractivity contribution in [2.24, 2.45) is 0 Å². The smallest absolute Gasteiger partial charge is 0.330 e. The van der Waals surface area contributed by atoms with Crippen LogP contribution in [-0.4, -0.2) is 48.2 Å². The molecule has 1 N–H and O–H groups in total. The summed E-state index contributed by atoms with van der Waals surface area (Å²) in [6.07, 6.45) is 0.979. The highest BCUT2D eigenvalue weighted by Crippen LogP contribution is 2.87. The topological polar surface area (TPSA) is 82.5 Å². The minimum atomic E-state index is -1.96. The van der Waals surface area contributed by atoms with E-state index in [-0.39, 0.29) is 17.2 Å². The second-order valence-electron chi connectivity index (χ2n) is 8.73. The number of hydrogen-bond acceptors (Lipinski definition) is 8. The van der Waals surface area contributed by atoms with Crippen LogP contribution < -0.4 is 11.2 Å². The fraction of sp³-hybridized carbons (Fsp3) is 0.765. The molecule has 7 nitrogen and oxygen atoms in total. The van der Waals surface area contributed by atoms with E-state index in [4.69, 9.17) is 25.9 Å². The van der Waals surface area contributed by atoms with E-state index in [0.29, 0.717) is 13.0 Å². The van der Waals surface area contributed by atoms with Gasteiger partial charge in [-0.15, -0.1) is 12.2 Å². The van der Waals surface area contributed by atoms with Gasteiger partial charge in [-0.2, -0.15) is 0 Å². The molecular weight excluding hydrogens is 467 g/mol. The molecule has 12 heteroatoms. The van der Waals surface area contributed by atoms with E-state index in [2.05, 4.69) is 38.8 Å². The van der Waals surface area contributed by atoms with E-state index in [0.717, 1.165) is 11.5 Å². The molecule has 2 fully saturated rings. The Morgan fingerprint density at radius 3 is 2.59 bits per heavy atom. The van der Waals surface area contributed by atoms with Crippen LogP contribution in [0.1, 0.15) is 33.4 Å². The Hall–Kier alpha value is 0.257. The van der Waals surface area contributed by atoms with Gasteiger partial charge in [0.15, 0.2) is 8.32 Å². The number of aromatic nitrogens is 2. The number of aromatic amines is 1. The van der Waals surface area contributed by atoms with Crippen LogP contribution in [0.15, 0.2) is 21.9 Å². The van der Waals surface area contributed by atoms with Gasteiger partial charge in [0.2, 0.25) is 0 Å². The summed E-state index contributed by atoms with van der Waals surface area (Å²) in [5.41, 5.74) is -0.902. The van der Waals surface area contributed by atoms with Crippen LogP contribution in [0.25, 0.3) is 0 Å². The van der Waals surface area contributed by atoms with E-state index in [9.17, 15) is 9.59 Å². The lowest BCUT2D eigenvalue weighted by Crippen LogP contribution is -2.44. The van der Waals surface area contributed by atoms with Gasteiger partial charge in [-0.1, -0.05) is 43.5 Å². The second kappa shape index (κ2) is 9.01. The minimum absolute atomic E-state index is 0.0894. The Morgan fingerprint density at radius 1 is 1.34 bits per heavy atom. The third-order valence-electron chi connectivity index (χ3n) is 5.62. The van der Waals surface area contributed by atoms with E-state index >= 15 is 0 Å². The molecule has 3 atom stereocenters. The number of H-pyrrole nitrogens is 1. The largest absolute Gasteiger partial charge is 0.414 e. The number of hydrogen-bond donors (Lipinski definition) is 2. The average Bonchev–Trinajstić information content (AvgIpc) is 3.19. The SMILES string of the molecule is CC(C)(C)[Si](C)(C)OC[C@H]1O[C@@H](n2ccc(=O)[nH]c2=O)C[C@@H]1O[P]1(S)SCCS1. The first-order chi connectivity index (χ1) is 13.4. The zero-order valence-corrected chi connectivity index (χ0v) is 21.8. The first kappa shape index (κ1) is 23.9. The summed E-state index contributed by atoms with van der Waals surface area (Å²) in [6, 6.07) is 1.33. The maximum absolute atomic E-state index is 12.2. The zero-order valence-electron chi connectivity index (χ0n) is 17.4. The van der Waals surface area contributed by atoms with Crippen LogP contribution in [-0.2, 0) is 13.7 Å². The van der Waals surface area contributed by atoms with Crippen LogP contribution in [0.4, 0.5) is 0 Å². The van der Waals surface area contributed by atoms with Crippen molar-refractivity contribution in [3.8, 4) is 0 Å². The Balaban J connectivity index is 1.78. The molecule has 1 aromatic rings. The molecule has 0 amide bonds. The average molecular weight is 498 g/mol. The predicted octanol–water partition coefficient (Wildman–Crippen LogP) is 4.32. The molecule has 3 heterocycles. The van der Waals surface area contributed by atoms with Gasteiger partial charge in [0.25, 0.3) is 5.56 Å². The zero-order chi connectivity index (χ0) is 21.4. The van der Waals surface area contributed by atoms with Crippen LogP contribution in [0.3, 0.4) is 0 Å². The van der Waals surface area contributed by atoms with Crippen LogP contribution in [0.5, 0.6) is 0 Å². The monoisotopic (exact) mass is 497 g/mol. The molecule has 2 saturated heterocycles. The third kappa shape index (κ3) is 5.74. The van der Waals surface area contributed by atoms with Crippen molar-refractivity contribution >= 4 is 48.4 Å². The van der Waals surface area contributed by atoms with Gasteiger partial charge >= 0.3 is 5.69 Å². The molecule has 165 valence electrons. The Kier molecular flexibility index (Phi) is 7.43. The lowest BCUT2D eigenvalue weighted by atomic mass is 10.2. The number of nitrogens with zero attached hydrogens (tertiary/aromatic N) is 1. The summed E-state index contributed by atoms with van der Waals surface area (Å²) in [5.74, 6) is 2.06. The lowest BCUT2D eigenvalue weighted by molar-refractivity contribution is -0.0379. The van der Waals surface area contributed by atoms with E-state index in [1.54, 1.807) is 22.8 Å². The van der Waals surface area contributed by atoms with Crippen molar-refractivity contribution in [1.29, 1.82) is 0 Å². The Morgan fingerprint density at radius 2 is 2.00 bits per heavy atom. The maximum atomic E-state index is 12.2. The van der Waals surface area contributed by atoms with Gasteiger partial charge in [0.05, 0.1) is 12.7 Å². The normalized spacial score (nSPS) is 27.4. The minimum Gasteiger partial charge on any atom is -0.414 e. The molecule has 2 aliphatic heterocycles. The fourth-order valence-corrected chi connectivity index (χ4v) is 13.5. The van der Waals surface area contributed by atoms with Crippen molar-refractivity contribution < 1.29 is 13.7 Å². The van der Waals surface area contributed by atoms with Crippen LogP contribution >= 0.6 is 40.1 Å². The van der Waals surface area contributed by atoms with Gasteiger partial charge in [-0.3, -0.25) is 14.3 Å². The molecule has 0 aliphatic carbocycles. The van der Waals surface area contributed by atoms with Crippen molar-refractivity contribution in [2.45, 2.75) is 63.8 Å². The first-order valence-electron chi connectivity index (χ1n) is 9.60. The molecule has 0 bridgehead atoms. The van der Waals surface area contributed by atoms with Gasteiger partial charge in [0.1, 0.15) is 17.4 Å². The molecule has 0 unspecified atom stereocenters. The molecule has 1 radical (unpaired) electrons. The fourth-order valence-electron chi connectivity index (χ4n) is 2.87. The van der Waals surface area contributed by atoms with Gasteiger partial charge in [-0.05, 0) is 18.1 Å². The van der Waals surface area contributed by atoms with Crippen molar-refractivity contribution in [3.63, 3.8) is 0 Å². The number of ether oxygens (including phenoxy) is 1. The highest BCUT2D eigenvalue weighted by atomic mass is 33.4. The van der Waals surface area contributed by atoms with Crippen LogP contribution in [0, 0.1) is 0 Å². The molecule has 0 aromatic carbocycles. The molecule has 1 aromatic heterocycles. The highest BCUT2D eigenvalue weighted by molar-refractivity contribution is 9.15. The third-order valence-corrected chi connectivity index (χ3v) is 20.2. The van der Waals surface area contributed by atoms with E-state index in [1.807, 2.05) is 0 Å². The molecular formula is C17H30N2O5PS3Si. The van der Waals surface area contributed by atoms with Crippen molar-refractivity contribution in [1.82, 2.24) is 9.55 Å². The Bertz CT molecular complexity index is 837. The summed E-state index contributed by atoms with van der Waals surface area (Å²) >= 11 is 8.38. The van der Waals surface area contributed by atoms with Gasteiger partial charge < -0.3 is 13.7 Å². The number of rotatable bonds is 6. The quantitative estimate of drug-likeness (QED) is 0.344. The molecule has 0 spiro atoms. The van der Waals surface area contributed by atoms with Crippen molar-refractivity contribution in [2.75, 3.05) is 18.1 Å². The summed E-state index contributed by atoms with van der Waals surface area (Å²) in [5, 5.41) is -1.79. The number of thiol groups is 1. The second-order valence-corrected chi connectivity index (χ2v) is 24.7. The maximum Gasteiger partial charge on any atom is 0.330 e. The van der Waals surface area contributed by atoms with E-state index < -0.39 is 30.9 Å². The highest BCUT2D eigenvalue weighted by Gasteiger charge is 2.45. The van der Waals surface area contributed by atoms with Crippen LogP contribution in [0.2, 0.25) is 18.1 Å². The molecule has 2 aliphatic rings. The molecule has 0 saturated carbocycles. The van der Waals surface area contributed by atoms with Crippen molar-refractivity contribution in [3.05, 3.63) is 33.1 Å². The summed E-state index contributed by atoms with van der Waals surface area (Å²) in [6.45, 7) is 11.4. The van der Waals surface area contributed by atoms with E-state index in [1.165, 1.54) is 16.8 Å². The lowest BCUT2D eigenvalue weighted by Gasteiger charge is -2.37. The summed E-state index contributed by atoms with van der Waals surface area (Å²) in [4.78, 5) is 25.9. The summed E-state index contributed by atoms with van der Waals surface area (Å²) < 4.78 is 20.5. The van der Waals surface area contributed by atoms with Gasteiger partial charge in [-0.25, -0.2) is 4.79 Å². The summed E-state index contributed by atoms with van der Waals surface area (Å²) in [7, 11) is -1.96. The predicted molar refractivity (Wildman–Crippen MR) is 129 cm³/mol. The standard InChI is InChI=1S/C17H30N2O5PS3Si/c1-17(2,3)29(4,5)22-11-13-12(24-25(26)27-8-9-28-25)10-15(23-13)19-7-6-14(20)18-16(19)21/h6-7,12-13,15,26H,8-11H2,1-5H3,(H,18,20,21)/t12-,13+,15+/m0/s1. The molecule has 3 rings (SSSR count).